The van der Waals surface area contributed by atoms with Gasteiger partial charge in [0.05, 0.1) is 0 Å². The highest BCUT2D eigenvalue weighted by atomic mass is 79.9. The van der Waals surface area contributed by atoms with Crippen molar-refractivity contribution in [1.29, 1.82) is 0 Å². The highest BCUT2D eigenvalue weighted by molar-refractivity contribution is 9.10. The van der Waals surface area contributed by atoms with Gasteiger partial charge in [0, 0.05) is 36.7 Å². The van der Waals surface area contributed by atoms with E-state index in [0.29, 0.717) is 12.0 Å². The van der Waals surface area contributed by atoms with Crippen LogP contribution in [0.15, 0.2) is 22.7 Å². The Bertz CT molecular complexity index is 425. The van der Waals surface area contributed by atoms with Gasteiger partial charge in [-0.25, -0.2) is 4.39 Å². The molecule has 1 N–H and O–H groups in total. The lowest BCUT2D eigenvalue weighted by Gasteiger charge is -2.39. The molecule has 106 valence electrons. The monoisotopic (exact) mass is 328 g/mol. The third kappa shape index (κ3) is 3.77. The Labute approximate surface area is 123 Å². The molecule has 4 heteroatoms. The van der Waals surface area contributed by atoms with Gasteiger partial charge in [-0.15, -0.1) is 0 Å². The highest BCUT2D eigenvalue weighted by Gasteiger charge is 2.26. The number of piperazine rings is 1. The summed E-state index contributed by atoms with van der Waals surface area (Å²) in [6, 6.07) is 5.54. The molecule has 0 radical (unpaired) electrons. The Morgan fingerprint density at radius 3 is 3.00 bits per heavy atom. The SMILES string of the molecule is CCC(C)C1CNCCN1Cc1ccc(F)cc1Br. The van der Waals surface area contributed by atoms with Gasteiger partial charge in [-0.1, -0.05) is 42.3 Å². The van der Waals surface area contributed by atoms with Gasteiger partial charge in [0.25, 0.3) is 0 Å². The van der Waals surface area contributed by atoms with Gasteiger partial charge in [0.1, 0.15) is 5.82 Å². The van der Waals surface area contributed by atoms with Gasteiger partial charge in [0.15, 0.2) is 0 Å². The maximum atomic E-state index is 13.1. The second kappa shape index (κ2) is 6.82. The average Bonchev–Trinajstić information content (AvgIpc) is 2.41. The number of hydrogen-bond donors (Lipinski definition) is 1. The molecule has 1 heterocycles. The molecule has 0 saturated carbocycles. The summed E-state index contributed by atoms with van der Waals surface area (Å²) in [5, 5.41) is 3.48. The summed E-state index contributed by atoms with van der Waals surface area (Å²) in [7, 11) is 0. The van der Waals surface area contributed by atoms with Crippen LogP contribution in [0.25, 0.3) is 0 Å². The molecule has 1 saturated heterocycles. The van der Waals surface area contributed by atoms with Crippen LogP contribution in [0.3, 0.4) is 0 Å². The number of rotatable bonds is 4. The Morgan fingerprint density at radius 2 is 2.32 bits per heavy atom. The van der Waals surface area contributed by atoms with Crippen molar-refractivity contribution in [2.45, 2.75) is 32.9 Å². The Balaban J connectivity index is 2.10. The molecular formula is C15H22BrFN2. The molecular weight excluding hydrogens is 307 g/mol. The van der Waals surface area contributed by atoms with E-state index in [1.165, 1.54) is 6.42 Å². The van der Waals surface area contributed by atoms with Crippen LogP contribution in [-0.2, 0) is 6.54 Å². The summed E-state index contributed by atoms with van der Waals surface area (Å²) >= 11 is 3.47. The van der Waals surface area contributed by atoms with E-state index < -0.39 is 0 Å². The van der Waals surface area contributed by atoms with Crippen molar-refractivity contribution in [2.24, 2.45) is 5.92 Å². The minimum absolute atomic E-state index is 0.186. The molecule has 1 aromatic carbocycles. The first-order valence-electron chi connectivity index (χ1n) is 7.00. The van der Waals surface area contributed by atoms with Crippen molar-refractivity contribution < 1.29 is 4.39 Å². The molecule has 19 heavy (non-hydrogen) atoms. The van der Waals surface area contributed by atoms with Gasteiger partial charge in [-0.2, -0.15) is 0 Å². The van der Waals surface area contributed by atoms with Crippen LogP contribution in [0.4, 0.5) is 4.39 Å². The molecule has 0 aromatic heterocycles. The average molecular weight is 329 g/mol. The molecule has 0 bridgehead atoms. The van der Waals surface area contributed by atoms with Crippen molar-refractivity contribution in [2.75, 3.05) is 19.6 Å². The predicted molar refractivity (Wildman–Crippen MR) is 80.6 cm³/mol. The third-order valence-electron chi connectivity index (χ3n) is 4.09. The standard InChI is InChI=1S/C15H22BrFN2/c1-3-11(2)15-9-18-6-7-19(15)10-12-4-5-13(17)8-14(12)16/h4-5,8,11,15,18H,3,6-7,9-10H2,1-2H3. The molecule has 1 aliphatic rings. The number of hydrogen-bond acceptors (Lipinski definition) is 2. The predicted octanol–water partition coefficient (Wildman–Crippen LogP) is 3.41. The molecule has 0 aliphatic carbocycles. The molecule has 2 rings (SSSR count). The topological polar surface area (TPSA) is 15.3 Å². The lowest BCUT2D eigenvalue weighted by atomic mass is 9.95. The zero-order valence-corrected chi connectivity index (χ0v) is 13.2. The summed E-state index contributed by atoms with van der Waals surface area (Å²) in [5.41, 5.74) is 1.16. The summed E-state index contributed by atoms with van der Waals surface area (Å²) < 4.78 is 14.0. The van der Waals surface area contributed by atoms with E-state index in [0.717, 1.165) is 36.2 Å². The highest BCUT2D eigenvalue weighted by Crippen LogP contribution is 2.23. The first-order chi connectivity index (χ1) is 9.11. The van der Waals surface area contributed by atoms with Crippen LogP contribution in [0, 0.1) is 11.7 Å². The minimum Gasteiger partial charge on any atom is -0.314 e. The van der Waals surface area contributed by atoms with E-state index >= 15 is 0 Å². The van der Waals surface area contributed by atoms with Gasteiger partial charge >= 0.3 is 0 Å². The lowest BCUT2D eigenvalue weighted by Crippen LogP contribution is -2.53. The second-order valence-corrected chi connectivity index (χ2v) is 6.22. The summed E-state index contributed by atoms with van der Waals surface area (Å²) in [6.45, 7) is 8.57. The van der Waals surface area contributed by atoms with Crippen LogP contribution < -0.4 is 5.32 Å². The van der Waals surface area contributed by atoms with E-state index in [9.17, 15) is 4.39 Å². The van der Waals surface area contributed by atoms with Gasteiger partial charge in [-0.05, 0) is 23.6 Å². The normalized spacial score (nSPS) is 22.4. The van der Waals surface area contributed by atoms with E-state index in [1.54, 1.807) is 12.1 Å². The molecule has 2 nitrogen and oxygen atoms in total. The third-order valence-corrected chi connectivity index (χ3v) is 4.83. The number of benzene rings is 1. The lowest BCUT2D eigenvalue weighted by molar-refractivity contribution is 0.109. The summed E-state index contributed by atoms with van der Waals surface area (Å²) in [4.78, 5) is 2.52. The summed E-state index contributed by atoms with van der Waals surface area (Å²) in [5.74, 6) is 0.487. The Hall–Kier alpha value is -0.450. The van der Waals surface area contributed by atoms with E-state index in [4.69, 9.17) is 0 Å². The molecule has 2 unspecified atom stereocenters. The van der Waals surface area contributed by atoms with Crippen molar-refractivity contribution in [3.63, 3.8) is 0 Å². The molecule has 1 fully saturated rings. The van der Waals surface area contributed by atoms with Crippen LogP contribution in [0.1, 0.15) is 25.8 Å². The van der Waals surface area contributed by atoms with Crippen LogP contribution in [0.2, 0.25) is 0 Å². The van der Waals surface area contributed by atoms with E-state index in [-0.39, 0.29) is 5.82 Å². The maximum absolute atomic E-state index is 13.1. The summed E-state index contributed by atoms with van der Waals surface area (Å²) in [6.07, 6.45) is 1.19. The van der Waals surface area contributed by atoms with Crippen molar-refractivity contribution in [1.82, 2.24) is 10.2 Å². The first-order valence-corrected chi connectivity index (χ1v) is 7.79. The zero-order chi connectivity index (χ0) is 13.8. The molecule has 1 aliphatic heterocycles. The fraction of sp³-hybridized carbons (Fsp3) is 0.600. The first kappa shape index (κ1) is 14.9. The smallest absolute Gasteiger partial charge is 0.124 e. The fourth-order valence-electron chi connectivity index (χ4n) is 2.67. The van der Waals surface area contributed by atoms with Crippen LogP contribution in [-0.4, -0.2) is 30.6 Å². The van der Waals surface area contributed by atoms with Crippen molar-refractivity contribution >= 4 is 15.9 Å². The van der Waals surface area contributed by atoms with E-state index in [2.05, 4.69) is 40.0 Å². The Kier molecular flexibility index (Phi) is 5.37. The zero-order valence-electron chi connectivity index (χ0n) is 11.6. The van der Waals surface area contributed by atoms with Crippen molar-refractivity contribution in [3.05, 3.63) is 34.1 Å². The van der Waals surface area contributed by atoms with Gasteiger partial charge < -0.3 is 5.32 Å². The Morgan fingerprint density at radius 1 is 1.53 bits per heavy atom. The maximum Gasteiger partial charge on any atom is 0.124 e. The van der Waals surface area contributed by atoms with Crippen molar-refractivity contribution in [3.8, 4) is 0 Å². The van der Waals surface area contributed by atoms with Crippen LogP contribution >= 0.6 is 15.9 Å². The van der Waals surface area contributed by atoms with Crippen LogP contribution in [0.5, 0.6) is 0 Å². The fourth-order valence-corrected chi connectivity index (χ4v) is 3.14. The van der Waals surface area contributed by atoms with E-state index in [1.807, 2.05) is 6.07 Å². The quantitative estimate of drug-likeness (QED) is 0.911. The van der Waals surface area contributed by atoms with Gasteiger partial charge in [0.2, 0.25) is 0 Å². The van der Waals surface area contributed by atoms with Gasteiger partial charge in [-0.3, -0.25) is 4.90 Å². The minimum atomic E-state index is -0.186. The number of nitrogens with zero attached hydrogens (tertiary/aromatic N) is 1. The molecule has 0 amide bonds. The molecule has 2 atom stereocenters. The molecule has 0 spiro atoms. The molecule has 1 aromatic rings. The largest absolute Gasteiger partial charge is 0.314 e. The number of halogens is 2. The number of nitrogens with one attached hydrogen (secondary N) is 1. The second-order valence-electron chi connectivity index (χ2n) is 5.36.